The molecule has 29 nitrogen and oxygen atoms in total. The number of benzene rings is 3. The van der Waals surface area contributed by atoms with Gasteiger partial charge in [-0.3, -0.25) is 47.4 Å². The number of phosphoric acid groups is 1. The molecule has 0 saturated carbocycles. The quantitative estimate of drug-likeness (QED) is 0.0177. The summed E-state index contributed by atoms with van der Waals surface area (Å²) >= 11 is 1.56. The van der Waals surface area contributed by atoms with Crippen molar-refractivity contribution >= 4 is 72.1 Å². The molecule has 0 spiro atoms. The number of phenolic OH excluding ortho intramolecular Hbond substituents is 1. The number of anilines is 3. The van der Waals surface area contributed by atoms with Crippen molar-refractivity contribution in [3.63, 3.8) is 0 Å². The summed E-state index contributed by atoms with van der Waals surface area (Å²) in [6.45, 7) is 28.2. The second-order valence-electron chi connectivity index (χ2n) is 30.5. The van der Waals surface area contributed by atoms with Gasteiger partial charge in [0.05, 0.1) is 68.9 Å². The zero-order valence-corrected chi connectivity index (χ0v) is 64.6. The maximum absolute atomic E-state index is 15.2. The fourth-order valence-corrected chi connectivity index (χ4v) is 16.7. The number of nitrogens with two attached hydrogens (primary N) is 2. The van der Waals surface area contributed by atoms with Crippen molar-refractivity contribution < 1.29 is 66.0 Å². The number of aromatic nitrogens is 4. The van der Waals surface area contributed by atoms with E-state index in [9.17, 15) is 33.6 Å². The van der Waals surface area contributed by atoms with E-state index in [-0.39, 0.29) is 73.8 Å². The number of phenols is 1. The Morgan fingerprint density at radius 1 is 0.840 bits per heavy atom. The summed E-state index contributed by atoms with van der Waals surface area (Å²) in [5, 5.41) is 35.6. The number of piperazine rings is 1. The number of likely N-dealkylation sites (tertiary alicyclic amines) is 2. The van der Waals surface area contributed by atoms with Crippen molar-refractivity contribution in [2.24, 2.45) is 23.3 Å². The molecular formula is C75H104N15O14PS. The minimum Gasteiger partial charge on any atom is -0.507 e. The van der Waals surface area contributed by atoms with Crippen LogP contribution in [0, 0.1) is 18.8 Å². The number of piperidine rings is 1. The minimum atomic E-state index is -4.28. The Labute approximate surface area is 624 Å². The van der Waals surface area contributed by atoms with E-state index in [0.29, 0.717) is 66.7 Å². The van der Waals surface area contributed by atoms with Gasteiger partial charge in [0.1, 0.15) is 37.0 Å². The lowest BCUT2D eigenvalue weighted by Crippen LogP contribution is -2.66. The highest BCUT2D eigenvalue weighted by atomic mass is 32.1. The Morgan fingerprint density at radius 3 is 2.18 bits per heavy atom. The fourth-order valence-electron chi connectivity index (χ4n) is 13.9. The number of fused-ring (bicyclic) bond motifs is 3. The van der Waals surface area contributed by atoms with Gasteiger partial charge in [-0.2, -0.15) is 0 Å². The number of carbonyl (C=O) groups excluding carboxylic acids is 6. The third kappa shape index (κ3) is 20.3. The number of rotatable bonds is 28. The molecule has 9 N–H and O–H groups in total. The zero-order valence-electron chi connectivity index (χ0n) is 62.9. The van der Waals surface area contributed by atoms with Crippen LogP contribution in [-0.4, -0.2) is 188 Å². The van der Waals surface area contributed by atoms with Crippen LogP contribution in [0.1, 0.15) is 150 Å². The molecule has 0 radical (unpaired) electrons. The second kappa shape index (κ2) is 34.5. The predicted molar refractivity (Wildman–Crippen MR) is 403 cm³/mol. The van der Waals surface area contributed by atoms with Crippen LogP contribution in [0.15, 0.2) is 95.0 Å². The number of para-hydroxylation sites is 1. The van der Waals surface area contributed by atoms with Crippen molar-refractivity contribution in [2.75, 3.05) is 74.1 Å². The SMILES string of the molecule is Cc1ncsc1-c1ccc([C@H](C)NC(=O)[C@@H]2C[C@@H](OP(=O)(OC(C)(C)C)OC(C)(C)C)CN2C(=O)[C@@H](c2cc(OCCN3CCC(N4CCN5c6cc(-c7ccccc7O)nnc6N(C(=O)OCc6ccc(NC(=O)[C@H](CCCNC(N)=O)NC(=O)[C@@H](N)C(C)C)cc6)[C@@H](C)[C@@H]5C4)CC3)no2)C(C)C)cc1. The molecule has 7 amide bonds. The van der Waals surface area contributed by atoms with E-state index < -0.39 is 97.0 Å². The first-order chi connectivity index (χ1) is 50.2. The number of hydrogen-bond donors (Lipinski definition) is 7. The van der Waals surface area contributed by atoms with Crippen molar-refractivity contribution in [1.29, 1.82) is 0 Å². The van der Waals surface area contributed by atoms with Crippen LogP contribution in [0.2, 0.25) is 0 Å². The van der Waals surface area contributed by atoms with Crippen molar-refractivity contribution in [2.45, 2.75) is 194 Å². The number of nitrogens with zero attached hydrogens (tertiary/aromatic N) is 9. The van der Waals surface area contributed by atoms with E-state index in [0.717, 1.165) is 54.2 Å². The number of hydrogen-bond acceptors (Lipinski definition) is 23. The van der Waals surface area contributed by atoms with Crippen LogP contribution < -0.4 is 47.3 Å². The van der Waals surface area contributed by atoms with Gasteiger partial charge >= 0.3 is 19.9 Å². The van der Waals surface area contributed by atoms with Gasteiger partial charge in [-0.05, 0) is 165 Å². The van der Waals surface area contributed by atoms with Crippen molar-refractivity contribution in [1.82, 2.24) is 51.0 Å². The molecule has 4 aliphatic rings. The lowest BCUT2D eigenvalue weighted by Gasteiger charge is -2.53. The highest BCUT2D eigenvalue weighted by Gasteiger charge is 2.50. The average Bonchev–Trinajstić information content (AvgIpc) is 0.994. The molecule has 4 aliphatic heterocycles. The third-order valence-corrected chi connectivity index (χ3v) is 22.5. The topological polar surface area (TPSA) is 367 Å². The van der Waals surface area contributed by atoms with E-state index >= 15 is 4.79 Å². The summed E-state index contributed by atoms with van der Waals surface area (Å²) in [5.41, 5.74) is 16.8. The molecule has 106 heavy (non-hydrogen) atoms. The number of carbonyl (C=O) groups is 6. The number of urea groups is 1. The monoisotopic (exact) mass is 1500 g/mol. The van der Waals surface area contributed by atoms with Crippen LogP contribution in [0.4, 0.5) is 26.8 Å². The first-order valence-corrected chi connectivity index (χ1v) is 38.8. The Kier molecular flexibility index (Phi) is 26.0. The first kappa shape index (κ1) is 79.9. The van der Waals surface area contributed by atoms with Gasteiger partial charge in [0.15, 0.2) is 11.6 Å². The molecule has 3 saturated heterocycles. The average molecular weight is 1500 g/mol. The molecule has 0 bridgehead atoms. The second-order valence-corrected chi connectivity index (χ2v) is 32.8. The number of nitrogens with one attached hydrogen (secondary N) is 4. The molecule has 574 valence electrons. The summed E-state index contributed by atoms with van der Waals surface area (Å²) in [5.74, 6) is -2.30. The summed E-state index contributed by atoms with van der Waals surface area (Å²) in [4.78, 5) is 97.8. The first-order valence-electron chi connectivity index (χ1n) is 36.5. The fraction of sp³-hybridized carbons (Fsp3) is 0.547. The number of thiazole rings is 1. The Hall–Kier alpha value is -8.61. The van der Waals surface area contributed by atoms with E-state index in [2.05, 4.69) is 56.3 Å². The third-order valence-electron chi connectivity index (χ3n) is 19.4. The summed E-state index contributed by atoms with van der Waals surface area (Å²) < 4.78 is 51.0. The van der Waals surface area contributed by atoms with E-state index in [1.807, 2.05) is 76.5 Å². The molecule has 3 aromatic heterocycles. The summed E-state index contributed by atoms with van der Waals surface area (Å²) in [6, 6.07) is 20.8. The Bertz CT molecular complexity index is 4060. The van der Waals surface area contributed by atoms with Gasteiger partial charge in [0.25, 0.3) is 5.88 Å². The Morgan fingerprint density at radius 2 is 1.54 bits per heavy atom. The van der Waals surface area contributed by atoms with Gasteiger partial charge in [0, 0.05) is 69.0 Å². The molecule has 7 heterocycles. The molecule has 8 atom stereocenters. The maximum Gasteiger partial charge on any atom is 0.476 e. The molecule has 3 fully saturated rings. The van der Waals surface area contributed by atoms with Gasteiger partial charge in [-0.15, -0.1) is 21.5 Å². The van der Waals surface area contributed by atoms with Crippen LogP contribution >= 0.6 is 19.2 Å². The largest absolute Gasteiger partial charge is 0.507 e. The molecule has 0 aliphatic carbocycles. The minimum absolute atomic E-state index is 0.00805. The zero-order chi connectivity index (χ0) is 76.5. The predicted octanol–water partition coefficient (Wildman–Crippen LogP) is 10.0. The number of primary amides is 1. The number of phosphoric ester groups is 1. The summed E-state index contributed by atoms with van der Waals surface area (Å²) in [6.07, 6.45) is 0.787. The Balaban J connectivity index is 0.759. The van der Waals surface area contributed by atoms with Gasteiger partial charge in [-0.25, -0.2) is 19.1 Å². The molecule has 0 unspecified atom stereocenters. The van der Waals surface area contributed by atoms with E-state index in [4.69, 9.17) is 39.0 Å². The van der Waals surface area contributed by atoms with Crippen molar-refractivity contribution in [3.8, 4) is 33.3 Å². The highest BCUT2D eigenvalue weighted by Crippen LogP contribution is 2.57. The standard InChI is InChI=1S/C75H104N15O14PS/c1-44(2)64(71(95)89-40-54(102-105(98,103-74(8,9)10)104-75(11,12)13)37-59(89)69(93)80-46(5)50-22-24-51(25-23-50)66-47(6)79-43-106-66)62-39-63(85-101-62)99-36-35-86-31-28-53(29-32-86)87-33-34-88-58-38-57(55-17-14-15-19-61(55)91)83-84-67(58)90(48(7)60(88)41-87)73(97)100-42-49-20-26-52(27-21-49)81-68(92)56(18-16-30-78-72(77)96)82-70(94)65(76)45(3)4/h14-15,17,19-27,38-39,43-46,48,53-54,56,59-60,64-65,91H,16,18,28-37,40-42,76H2,1-13H3,(H,80,93)(H,81,92)(H,82,94)(H3,77,78,96)/t46-,48-,54+,56-,59-,60-,64+,65-/m0/s1. The van der Waals surface area contributed by atoms with Gasteiger partial charge < -0.3 is 61.6 Å². The highest BCUT2D eigenvalue weighted by molar-refractivity contribution is 7.48. The molecule has 6 aromatic rings. The van der Waals surface area contributed by atoms with Gasteiger partial charge in [0.2, 0.25) is 23.6 Å². The van der Waals surface area contributed by atoms with Crippen LogP contribution in [0.25, 0.3) is 21.7 Å². The lowest BCUT2D eigenvalue weighted by molar-refractivity contribution is -0.141. The number of aryl methyl sites for hydroxylation is 1. The number of ether oxygens (including phenoxy) is 2. The maximum atomic E-state index is 15.2. The van der Waals surface area contributed by atoms with Crippen LogP contribution in [-0.2, 0) is 48.7 Å². The van der Waals surface area contributed by atoms with Crippen LogP contribution in [0.5, 0.6) is 11.6 Å². The normalized spacial score (nSPS) is 19.4. The van der Waals surface area contributed by atoms with Gasteiger partial charge in [-0.1, -0.05) is 76.2 Å². The molecular weight excluding hydrogens is 1400 g/mol. The number of amides is 7. The smallest absolute Gasteiger partial charge is 0.476 e. The molecule has 10 rings (SSSR count). The molecule has 3 aromatic carbocycles. The van der Waals surface area contributed by atoms with Crippen molar-refractivity contribution in [3.05, 3.63) is 113 Å². The van der Waals surface area contributed by atoms with E-state index in [1.165, 1.54) is 4.90 Å². The molecule has 31 heteroatoms. The van der Waals surface area contributed by atoms with Crippen LogP contribution in [0.3, 0.4) is 0 Å². The summed E-state index contributed by atoms with van der Waals surface area (Å²) in [7, 11) is -4.28. The number of aromatic hydroxyl groups is 1. The van der Waals surface area contributed by atoms with E-state index in [1.54, 1.807) is 120 Å². The lowest BCUT2D eigenvalue weighted by atomic mass is 9.91.